The summed E-state index contributed by atoms with van der Waals surface area (Å²) in [6.45, 7) is 0.695. The quantitative estimate of drug-likeness (QED) is 0.250. The molecule has 36 heavy (non-hydrogen) atoms. The van der Waals surface area contributed by atoms with Crippen molar-refractivity contribution in [2.24, 2.45) is 0 Å². The first-order chi connectivity index (χ1) is 17.5. The van der Waals surface area contributed by atoms with Gasteiger partial charge >= 0.3 is 0 Å². The van der Waals surface area contributed by atoms with Crippen molar-refractivity contribution in [3.8, 4) is 11.1 Å². The molecular weight excluding hydrogens is 474 g/mol. The lowest BCUT2D eigenvalue weighted by molar-refractivity contribution is -0.384. The highest BCUT2D eigenvalue weighted by Crippen LogP contribution is 2.32. The van der Waals surface area contributed by atoms with E-state index in [1.165, 1.54) is 17.0 Å². The summed E-state index contributed by atoms with van der Waals surface area (Å²) < 4.78 is 0. The Morgan fingerprint density at radius 1 is 0.917 bits per heavy atom. The van der Waals surface area contributed by atoms with Crippen molar-refractivity contribution in [2.45, 2.75) is 19.3 Å². The molecule has 180 valence electrons. The molecule has 0 radical (unpaired) electrons. The smallest absolute Gasteiger partial charge is 0.269 e. The number of nitro groups is 1. The summed E-state index contributed by atoms with van der Waals surface area (Å²) in [6.07, 6.45) is 3.04. The molecule has 8 heteroatoms. The van der Waals surface area contributed by atoms with Gasteiger partial charge in [0.25, 0.3) is 17.5 Å². The number of thiophene rings is 1. The summed E-state index contributed by atoms with van der Waals surface area (Å²) in [6, 6.07) is 22.1. The number of rotatable bonds is 5. The van der Waals surface area contributed by atoms with Crippen LogP contribution in [0.25, 0.3) is 11.1 Å². The molecule has 3 aromatic carbocycles. The number of non-ortho nitro benzene ring substituents is 1. The molecule has 0 saturated carbocycles. The number of hydrogen-bond donors (Lipinski definition) is 1. The zero-order chi connectivity index (χ0) is 25.1. The third-order valence-electron chi connectivity index (χ3n) is 6.24. The summed E-state index contributed by atoms with van der Waals surface area (Å²) in [5, 5.41) is 15.9. The number of hydrogen-bond acceptors (Lipinski definition) is 5. The van der Waals surface area contributed by atoms with Crippen molar-refractivity contribution < 1.29 is 14.5 Å². The van der Waals surface area contributed by atoms with E-state index < -0.39 is 4.92 Å². The minimum atomic E-state index is -0.455. The number of nitrogens with one attached hydrogen (secondary N) is 1. The second kappa shape index (κ2) is 10.1. The van der Waals surface area contributed by atoms with Gasteiger partial charge < -0.3 is 10.2 Å². The number of aryl methyl sites for hydroxylation is 1. The lowest BCUT2D eigenvalue weighted by Gasteiger charge is -2.21. The van der Waals surface area contributed by atoms with Crippen molar-refractivity contribution in [3.63, 3.8) is 0 Å². The maximum Gasteiger partial charge on any atom is 0.269 e. The van der Waals surface area contributed by atoms with E-state index in [9.17, 15) is 19.7 Å². The second-order valence-electron chi connectivity index (χ2n) is 8.52. The molecule has 0 saturated heterocycles. The van der Waals surface area contributed by atoms with E-state index in [2.05, 4.69) is 5.32 Å². The van der Waals surface area contributed by atoms with Crippen LogP contribution in [0.5, 0.6) is 0 Å². The molecule has 5 rings (SSSR count). The first-order valence-electron chi connectivity index (χ1n) is 11.6. The third kappa shape index (κ3) is 4.76. The number of nitrogens with zero attached hydrogens (tertiary/aromatic N) is 2. The van der Waals surface area contributed by atoms with E-state index in [0.717, 1.165) is 24.9 Å². The van der Waals surface area contributed by atoms with Crippen LogP contribution in [0, 0.1) is 10.1 Å². The highest BCUT2D eigenvalue weighted by Gasteiger charge is 2.23. The third-order valence-corrected chi connectivity index (χ3v) is 7.21. The Morgan fingerprint density at radius 3 is 2.42 bits per heavy atom. The summed E-state index contributed by atoms with van der Waals surface area (Å²) in [5.74, 6) is -0.351. The van der Waals surface area contributed by atoms with E-state index in [4.69, 9.17) is 0 Å². The maximum atomic E-state index is 13.2. The molecule has 2 amide bonds. The van der Waals surface area contributed by atoms with Gasteiger partial charge in [0.05, 0.1) is 10.6 Å². The zero-order valence-corrected chi connectivity index (χ0v) is 20.2. The SMILES string of the molecule is O=C(Nc1ccc(C(=O)N2CCCCc3sccc32)cc1)c1ccccc1-c1ccc([N+](=O)[O-])cc1. The molecule has 4 aromatic rings. The predicted molar refractivity (Wildman–Crippen MR) is 142 cm³/mol. The number of carbonyl (C=O) groups is 2. The van der Waals surface area contributed by atoms with Gasteiger partial charge in [0.2, 0.25) is 0 Å². The Hall–Kier alpha value is -4.30. The van der Waals surface area contributed by atoms with Crippen LogP contribution in [0.2, 0.25) is 0 Å². The molecule has 0 spiro atoms. The van der Waals surface area contributed by atoms with Crippen LogP contribution in [0.1, 0.15) is 38.4 Å². The normalized spacial score (nSPS) is 12.9. The molecule has 0 fully saturated rings. The van der Waals surface area contributed by atoms with Gasteiger partial charge in [-0.2, -0.15) is 0 Å². The summed E-state index contributed by atoms with van der Waals surface area (Å²) in [4.78, 5) is 39.9. The lowest BCUT2D eigenvalue weighted by atomic mass is 9.99. The molecule has 1 N–H and O–H groups in total. The van der Waals surface area contributed by atoms with E-state index in [-0.39, 0.29) is 17.5 Å². The molecule has 0 unspecified atom stereocenters. The van der Waals surface area contributed by atoms with Crippen molar-refractivity contribution in [2.75, 3.05) is 16.8 Å². The molecule has 1 aliphatic heterocycles. The Kier molecular flexibility index (Phi) is 6.60. The van der Waals surface area contributed by atoms with Gasteiger partial charge in [0, 0.05) is 40.4 Å². The minimum Gasteiger partial charge on any atom is -0.322 e. The van der Waals surface area contributed by atoms with Crippen molar-refractivity contribution in [1.29, 1.82) is 0 Å². The first kappa shape index (κ1) is 23.4. The van der Waals surface area contributed by atoms with Crippen LogP contribution >= 0.6 is 11.3 Å². The fourth-order valence-electron chi connectivity index (χ4n) is 4.39. The van der Waals surface area contributed by atoms with Crippen LogP contribution in [0.4, 0.5) is 17.1 Å². The topological polar surface area (TPSA) is 92.6 Å². The Morgan fingerprint density at radius 2 is 1.67 bits per heavy atom. The van der Waals surface area contributed by atoms with Gasteiger partial charge in [0.15, 0.2) is 0 Å². The number of benzene rings is 3. The standard InChI is InChI=1S/C28H23N3O4S/c32-27(24-6-2-1-5-23(24)19-10-14-22(15-11-19)31(34)35)29-21-12-8-20(9-13-21)28(33)30-17-4-3-7-26-25(30)16-18-36-26/h1-2,5-6,8-16,18H,3-4,7,17H2,(H,29,32). The van der Waals surface area contributed by atoms with Gasteiger partial charge in [-0.05, 0) is 84.3 Å². The van der Waals surface area contributed by atoms with Gasteiger partial charge in [-0.25, -0.2) is 0 Å². The Bertz CT molecular complexity index is 1430. The van der Waals surface area contributed by atoms with Crippen LogP contribution in [0.3, 0.4) is 0 Å². The minimum absolute atomic E-state index is 0.00859. The zero-order valence-electron chi connectivity index (χ0n) is 19.3. The van der Waals surface area contributed by atoms with Crippen molar-refractivity contribution in [3.05, 3.63) is 110 Å². The highest BCUT2D eigenvalue weighted by atomic mass is 32.1. The number of fused-ring (bicyclic) bond motifs is 1. The summed E-state index contributed by atoms with van der Waals surface area (Å²) in [5.41, 5.74) is 3.96. The number of amides is 2. The predicted octanol–water partition coefficient (Wildman–Crippen LogP) is 6.56. The second-order valence-corrected chi connectivity index (χ2v) is 9.52. The van der Waals surface area contributed by atoms with Gasteiger partial charge in [-0.1, -0.05) is 18.2 Å². The van der Waals surface area contributed by atoms with Crippen LogP contribution in [0.15, 0.2) is 84.2 Å². The van der Waals surface area contributed by atoms with E-state index in [1.807, 2.05) is 22.4 Å². The number of anilines is 2. The van der Waals surface area contributed by atoms with Gasteiger partial charge in [-0.3, -0.25) is 19.7 Å². The monoisotopic (exact) mass is 497 g/mol. The molecule has 7 nitrogen and oxygen atoms in total. The average molecular weight is 498 g/mol. The molecule has 1 aliphatic rings. The molecule has 0 bridgehead atoms. The molecule has 1 aromatic heterocycles. The number of carbonyl (C=O) groups excluding carboxylic acids is 2. The first-order valence-corrected chi connectivity index (χ1v) is 12.5. The Labute approximate surface area is 212 Å². The van der Waals surface area contributed by atoms with Crippen molar-refractivity contribution >= 4 is 40.2 Å². The van der Waals surface area contributed by atoms with Crippen LogP contribution in [-0.4, -0.2) is 23.3 Å². The summed E-state index contributed by atoms with van der Waals surface area (Å²) in [7, 11) is 0. The molecule has 2 heterocycles. The fourth-order valence-corrected chi connectivity index (χ4v) is 5.32. The van der Waals surface area contributed by atoms with Gasteiger partial charge in [-0.15, -0.1) is 11.3 Å². The fraction of sp³-hybridized carbons (Fsp3) is 0.143. The van der Waals surface area contributed by atoms with Crippen molar-refractivity contribution in [1.82, 2.24) is 0 Å². The van der Waals surface area contributed by atoms with Crippen LogP contribution < -0.4 is 10.2 Å². The summed E-state index contributed by atoms with van der Waals surface area (Å²) >= 11 is 1.69. The molecular formula is C28H23N3O4S. The van der Waals surface area contributed by atoms with E-state index in [1.54, 1.807) is 65.9 Å². The lowest BCUT2D eigenvalue weighted by Crippen LogP contribution is -2.31. The highest BCUT2D eigenvalue weighted by molar-refractivity contribution is 7.10. The number of nitro benzene ring substituents is 1. The van der Waals surface area contributed by atoms with E-state index in [0.29, 0.717) is 34.5 Å². The van der Waals surface area contributed by atoms with Crippen LogP contribution in [-0.2, 0) is 6.42 Å². The van der Waals surface area contributed by atoms with E-state index >= 15 is 0 Å². The average Bonchev–Trinajstić information content (AvgIpc) is 3.28. The van der Waals surface area contributed by atoms with Gasteiger partial charge in [0.1, 0.15) is 0 Å². The Balaban J connectivity index is 1.33. The largest absolute Gasteiger partial charge is 0.322 e. The maximum absolute atomic E-state index is 13.2. The molecule has 0 aliphatic carbocycles. The molecule has 0 atom stereocenters.